The van der Waals surface area contributed by atoms with Gasteiger partial charge >= 0.3 is 0 Å². The smallest absolute Gasteiger partial charge is 0.150 e. The van der Waals surface area contributed by atoms with Crippen molar-refractivity contribution in [2.24, 2.45) is 0 Å². The molecule has 0 unspecified atom stereocenters. The molecule has 2 nitrogen and oxygen atoms in total. The molecule has 0 spiro atoms. The van der Waals surface area contributed by atoms with E-state index in [0.29, 0.717) is 29.5 Å². The van der Waals surface area contributed by atoms with Gasteiger partial charge in [-0.05, 0) is 60.2 Å². The molecule has 4 rings (SSSR count). The average molecular weight is 317 g/mol. The van der Waals surface area contributed by atoms with Crippen LogP contribution in [0.3, 0.4) is 0 Å². The van der Waals surface area contributed by atoms with Crippen LogP contribution in [-0.2, 0) is 0 Å². The van der Waals surface area contributed by atoms with Crippen LogP contribution in [-0.4, -0.2) is 16.2 Å². The van der Waals surface area contributed by atoms with Gasteiger partial charge in [-0.25, -0.2) is 13.2 Å². The third-order valence-corrected chi connectivity index (χ3v) is 4.52. The molecule has 2 N–H and O–H groups in total. The zero-order valence-corrected chi connectivity index (χ0v) is 12.1. The lowest BCUT2D eigenvalue weighted by Crippen LogP contribution is -2.26. The van der Waals surface area contributed by atoms with Crippen molar-refractivity contribution in [2.45, 2.75) is 24.9 Å². The van der Waals surface area contributed by atoms with E-state index in [4.69, 9.17) is 0 Å². The number of hydrogen-bond acceptors (Lipinski definition) is 1. The molecule has 1 heterocycles. The number of aromatic amines is 1. The number of nitrogens with one attached hydrogen (secondary N) is 1. The largest absolute Gasteiger partial charge is 0.393 e. The van der Waals surface area contributed by atoms with Gasteiger partial charge < -0.3 is 10.1 Å². The summed E-state index contributed by atoms with van der Waals surface area (Å²) in [5, 5.41) is 10.1. The molecule has 1 fully saturated rings. The lowest BCUT2D eigenvalue weighted by atomic mass is 9.76. The van der Waals surface area contributed by atoms with Gasteiger partial charge in [0, 0.05) is 11.5 Å². The van der Waals surface area contributed by atoms with Crippen molar-refractivity contribution in [3.05, 3.63) is 59.4 Å². The van der Waals surface area contributed by atoms with E-state index in [0.717, 1.165) is 11.6 Å². The summed E-state index contributed by atoms with van der Waals surface area (Å²) in [6.07, 6.45) is 0.725. The van der Waals surface area contributed by atoms with Crippen LogP contribution >= 0.6 is 0 Å². The third-order valence-electron chi connectivity index (χ3n) is 4.52. The maximum atomic E-state index is 14.1. The third kappa shape index (κ3) is 2.32. The first kappa shape index (κ1) is 14.3. The number of rotatable bonds is 2. The number of aliphatic hydroxyl groups is 1. The van der Waals surface area contributed by atoms with Crippen molar-refractivity contribution in [1.29, 1.82) is 0 Å². The fourth-order valence-corrected chi connectivity index (χ4v) is 3.33. The number of fused-ring (bicyclic) bond motifs is 1. The van der Waals surface area contributed by atoms with Gasteiger partial charge in [0.05, 0.1) is 17.3 Å². The first-order chi connectivity index (χ1) is 11.0. The maximum Gasteiger partial charge on any atom is 0.150 e. The van der Waals surface area contributed by atoms with Crippen LogP contribution < -0.4 is 0 Å². The number of benzene rings is 2. The monoisotopic (exact) mass is 317 g/mol. The topological polar surface area (TPSA) is 36.0 Å². The van der Waals surface area contributed by atoms with Gasteiger partial charge in [-0.3, -0.25) is 0 Å². The Morgan fingerprint density at radius 2 is 1.65 bits per heavy atom. The summed E-state index contributed by atoms with van der Waals surface area (Å²) < 4.78 is 40.9. The van der Waals surface area contributed by atoms with Gasteiger partial charge in [-0.1, -0.05) is 0 Å². The second-order valence-electron chi connectivity index (χ2n) is 6.05. The molecular weight excluding hydrogens is 303 g/mol. The van der Waals surface area contributed by atoms with E-state index in [-0.39, 0.29) is 23.4 Å². The highest BCUT2D eigenvalue weighted by molar-refractivity contribution is 5.92. The molecule has 0 amide bonds. The minimum Gasteiger partial charge on any atom is -0.393 e. The van der Waals surface area contributed by atoms with E-state index in [1.807, 2.05) is 0 Å². The van der Waals surface area contributed by atoms with E-state index >= 15 is 0 Å². The van der Waals surface area contributed by atoms with Crippen molar-refractivity contribution in [3.8, 4) is 11.3 Å². The van der Waals surface area contributed by atoms with Crippen LogP contribution in [0.5, 0.6) is 0 Å². The zero-order chi connectivity index (χ0) is 16.1. The molecule has 0 radical (unpaired) electrons. The van der Waals surface area contributed by atoms with Gasteiger partial charge in [0.1, 0.15) is 17.5 Å². The standard InChI is InChI=1S/C18H14F3NO/c19-11-3-1-9(2-4-11)17-16(10-5-13(23)6-10)14-7-12(20)8-15(21)18(14)22-17/h1-4,7-8,10,13,22-23H,5-6H2/t10-,13+. The molecule has 23 heavy (non-hydrogen) atoms. The predicted molar refractivity (Wildman–Crippen MR) is 81.6 cm³/mol. The minimum atomic E-state index is -0.658. The van der Waals surface area contributed by atoms with Crippen molar-refractivity contribution in [3.63, 3.8) is 0 Å². The van der Waals surface area contributed by atoms with E-state index in [9.17, 15) is 18.3 Å². The summed E-state index contributed by atoms with van der Waals surface area (Å²) in [6, 6.07) is 8.02. The average Bonchev–Trinajstić information content (AvgIpc) is 2.84. The van der Waals surface area contributed by atoms with Crippen LogP contribution in [0.1, 0.15) is 24.3 Å². The molecular formula is C18H14F3NO. The number of halogens is 3. The van der Waals surface area contributed by atoms with Crippen LogP contribution in [0.4, 0.5) is 13.2 Å². The van der Waals surface area contributed by atoms with Crippen LogP contribution in [0, 0.1) is 17.5 Å². The highest BCUT2D eigenvalue weighted by Crippen LogP contribution is 2.45. The molecule has 1 aliphatic carbocycles. The number of aliphatic hydroxyl groups excluding tert-OH is 1. The highest BCUT2D eigenvalue weighted by atomic mass is 19.1. The summed E-state index contributed by atoms with van der Waals surface area (Å²) in [5.41, 5.74) is 2.39. The minimum absolute atomic E-state index is 0.0278. The van der Waals surface area contributed by atoms with Gasteiger partial charge in [0.25, 0.3) is 0 Å². The molecule has 1 aromatic heterocycles. The summed E-state index contributed by atoms with van der Waals surface area (Å²) in [4.78, 5) is 3.01. The normalized spacial score (nSPS) is 20.7. The first-order valence-corrected chi connectivity index (χ1v) is 7.47. The van der Waals surface area contributed by atoms with Gasteiger partial charge in [-0.15, -0.1) is 0 Å². The molecule has 1 saturated carbocycles. The Morgan fingerprint density at radius 1 is 0.957 bits per heavy atom. The van der Waals surface area contributed by atoms with Crippen molar-refractivity contribution >= 4 is 10.9 Å². The van der Waals surface area contributed by atoms with Crippen molar-refractivity contribution in [1.82, 2.24) is 4.98 Å². The summed E-state index contributed by atoms with van der Waals surface area (Å²) >= 11 is 0. The van der Waals surface area contributed by atoms with E-state index in [1.54, 1.807) is 12.1 Å². The molecule has 0 aliphatic heterocycles. The van der Waals surface area contributed by atoms with Crippen molar-refractivity contribution in [2.75, 3.05) is 0 Å². The summed E-state index contributed by atoms with van der Waals surface area (Å²) in [5.74, 6) is -1.63. The molecule has 118 valence electrons. The molecule has 3 aromatic rings. The SMILES string of the molecule is O[C@H]1C[C@@H](c2c(-c3ccc(F)cc3)[nH]c3c(F)cc(F)cc32)C1. The second-order valence-corrected chi connectivity index (χ2v) is 6.05. The molecule has 0 atom stereocenters. The Balaban J connectivity index is 1.97. The molecule has 0 saturated heterocycles. The van der Waals surface area contributed by atoms with Gasteiger partial charge in [0.2, 0.25) is 0 Å². The summed E-state index contributed by atoms with van der Waals surface area (Å²) in [6.45, 7) is 0. The first-order valence-electron chi connectivity index (χ1n) is 7.47. The maximum absolute atomic E-state index is 14.1. The fraction of sp³-hybridized carbons (Fsp3) is 0.222. The highest BCUT2D eigenvalue weighted by Gasteiger charge is 2.33. The Kier molecular flexibility index (Phi) is 3.20. The Bertz CT molecular complexity index is 879. The molecule has 0 bridgehead atoms. The Labute approximate surface area is 130 Å². The molecule has 5 heteroatoms. The van der Waals surface area contributed by atoms with E-state index in [2.05, 4.69) is 4.98 Å². The number of hydrogen-bond donors (Lipinski definition) is 2. The number of H-pyrrole nitrogens is 1. The van der Waals surface area contributed by atoms with E-state index < -0.39 is 11.6 Å². The van der Waals surface area contributed by atoms with E-state index in [1.165, 1.54) is 18.2 Å². The Hall–Kier alpha value is -2.27. The lowest BCUT2D eigenvalue weighted by molar-refractivity contribution is 0.0753. The van der Waals surface area contributed by atoms with Gasteiger partial charge in [0.15, 0.2) is 0 Å². The fourth-order valence-electron chi connectivity index (χ4n) is 3.33. The van der Waals surface area contributed by atoms with Crippen molar-refractivity contribution < 1.29 is 18.3 Å². The Morgan fingerprint density at radius 3 is 2.30 bits per heavy atom. The van der Waals surface area contributed by atoms with Crippen LogP contribution in [0.15, 0.2) is 36.4 Å². The molecule has 1 aliphatic rings. The van der Waals surface area contributed by atoms with Gasteiger partial charge in [-0.2, -0.15) is 0 Å². The lowest BCUT2D eigenvalue weighted by Gasteiger charge is -2.32. The summed E-state index contributed by atoms with van der Waals surface area (Å²) in [7, 11) is 0. The predicted octanol–water partition coefficient (Wildman–Crippen LogP) is 4.49. The quantitative estimate of drug-likeness (QED) is 0.718. The van der Waals surface area contributed by atoms with Crippen LogP contribution in [0.25, 0.3) is 22.2 Å². The van der Waals surface area contributed by atoms with Crippen LogP contribution in [0.2, 0.25) is 0 Å². The second kappa shape index (κ2) is 5.13. The molecule has 2 aromatic carbocycles. The number of aromatic nitrogens is 1. The zero-order valence-electron chi connectivity index (χ0n) is 12.1.